The molecule has 5 nitrogen and oxygen atoms in total. The lowest BCUT2D eigenvalue weighted by atomic mass is 9.98. The Morgan fingerprint density at radius 3 is 2.29 bits per heavy atom. The van der Waals surface area contributed by atoms with E-state index >= 15 is 0 Å². The van der Waals surface area contributed by atoms with Crippen LogP contribution in [0, 0.1) is 5.82 Å². The second-order valence-corrected chi connectivity index (χ2v) is 10.2. The maximum atomic E-state index is 14.5. The lowest BCUT2D eigenvalue weighted by Gasteiger charge is -2.09. The highest BCUT2D eigenvalue weighted by Crippen LogP contribution is 2.49. The Morgan fingerprint density at radius 2 is 1.65 bits per heavy atom. The van der Waals surface area contributed by atoms with Gasteiger partial charge in [-0.25, -0.2) is 12.8 Å². The number of hydrogen-bond donors (Lipinski definition) is 0. The third-order valence-electron chi connectivity index (χ3n) is 5.17. The number of sulfone groups is 1. The van der Waals surface area contributed by atoms with Crippen molar-refractivity contribution in [3.05, 3.63) is 60.4 Å². The van der Waals surface area contributed by atoms with E-state index in [2.05, 4.69) is 0 Å². The number of rotatable bonds is 4. The predicted octanol–water partition coefficient (Wildman–Crippen LogP) is 5.52. The Balaban J connectivity index is 1.76. The first-order valence-corrected chi connectivity index (χ1v) is 12.1. The molecule has 0 fully saturated rings. The number of thiophene rings is 1. The van der Waals surface area contributed by atoms with Gasteiger partial charge in [-0.3, -0.25) is 0 Å². The zero-order valence-electron chi connectivity index (χ0n) is 16.6. The van der Waals surface area contributed by atoms with Crippen LogP contribution in [0.25, 0.3) is 31.7 Å². The molecular weight excluding hydrogens is 439 g/mol. The molecule has 0 spiro atoms. The van der Waals surface area contributed by atoms with Gasteiger partial charge in [0.05, 0.1) is 12.0 Å². The summed E-state index contributed by atoms with van der Waals surface area (Å²) in [6.45, 7) is 0.166. The fourth-order valence-electron chi connectivity index (χ4n) is 3.65. The summed E-state index contributed by atoms with van der Waals surface area (Å²) >= 11 is 1.53. The van der Waals surface area contributed by atoms with E-state index < -0.39 is 15.7 Å². The molecule has 5 rings (SSSR count). The molecule has 0 N–H and O–H groups in total. The first kappa shape index (κ1) is 19.8. The molecule has 158 valence electrons. The van der Waals surface area contributed by atoms with Crippen molar-refractivity contribution in [1.29, 1.82) is 0 Å². The maximum Gasteiger partial charge on any atom is 0.231 e. The minimum absolute atomic E-state index is 0.166. The van der Waals surface area contributed by atoms with Crippen LogP contribution in [0.15, 0.2) is 59.5 Å². The van der Waals surface area contributed by atoms with Crippen molar-refractivity contribution in [2.24, 2.45) is 0 Å². The van der Waals surface area contributed by atoms with Crippen molar-refractivity contribution >= 4 is 31.3 Å². The molecule has 4 aromatic rings. The van der Waals surface area contributed by atoms with E-state index in [0.717, 1.165) is 26.1 Å². The highest BCUT2D eigenvalue weighted by molar-refractivity contribution is 7.90. The minimum Gasteiger partial charge on any atom is -0.494 e. The van der Waals surface area contributed by atoms with Crippen LogP contribution in [0.2, 0.25) is 0 Å². The molecule has 0 unspecified atom stereocenters. The third-order valence-corrected chi connectivity index (χ3v) is 7.50. The summed E-state index contributed by atoms with van der Waals surface area (Å²) in [5.41, 5.74) is 2.36. The summed E-state index contributed by atoms with van der Waals surface area (Å²) in [4.78, 5) is 1.14. The first-order chi connectivity index (χ1) is 14.8. The Kier molecular flexibility index (Phi) is 4.64. The van der Waals surface area contributed by atoms with E-state index in [9.17, 15) is 12.8 Å². The lowest BCUT2D eigenvalue weighted by molar-refractivity contribution is 0.174. The van der Waals surface area contributed by atoms with E-state index in [1.165, 1.54) is 30.8 Å². The molecule has 0 aliphatic carbocycles. The predicted molar refractivity (Wildman–Crippen MR) is 118 cm³/mol. The summed E-state index contributed by atoms with van der Waals surface area (Å²) in [6.07, 6.45) is 1.18. The van der Waals surface area contributed by atoms with Crippen molar-refractivity contribution in [1.82, 2.24) is 0 Å². The SMILES string of the molecule is COc1ccc(-c2c(-c3ccc(S(C)(=O)=O)cc3)sc3cc4c(cc23)OCO4)cc1F. The number of fused-ring (bicyclic) bond motifs is 2. The van der Waals surface area contributed by atoms with Gasteiger partial charge < -0.3 is 14.2 Å². The molecule has 0 saturated carbocycles. The van der Waals surface area contributed by atoms with Gasteiger partial charge in [0.15, 0.2) is 32.9 Å². The van der Waals surface area contributed by atoms with E-state index in [4.69, 9.17) is 14.2 Å². The summed E-state index contributed by atoms with van der Waals surface area (Å²) in [6, 6.07) is 15.4. The molecule has 8 heteroatoms. The summed E-state index contributed by atoms with van der Waals surface area (Å²) < 4.78 is 55.3. The van der Waals surface area contributed by atoms with Gasteiger partial charge in [-0.1, -0.05) is 18.2 Å². The van der Waals surface area contributed by atoms with Crippen molar-refractivity contribution < 1.29 is 27.0 Å². The first-order valence-electron chi connectivity index (χ1n) is 9.36. The Hall–Kier alpha value is -3.10. The van der Waals surface area contributed by atoms with Gasteiger partial charge in [0.25, 0.3) is 0 Å². The van der Waals surface area contributed by atoms with E-state index in [-0.39, 0.29) is 17.4 Å². The Labute approximate surface area is 182 Å². The van der Waals surface area contributed by atoms with Crippen LogP contribution in [0.5, 0.6) is 17.2 Å². The molecule has 0 atom stereocenters. The number of hydrogen-bond acceptors (Lipinski definition) is 6. The normalized spacial score (nSPS) is 13.0. The van der Waals surface area contributed by atoms with Crippen LogP contribution in [0.4, 0.5) is 4.39 Å². The quantitative estimate of drug-likeness (QED) is 0.405. The third kappa shape index (κ3) is 3.41. The summed E-state index contributed by atoms with van der Waals surface area (Å²) in [5, 5.41) is 0.904. The molecule has 31 heavy (non-hydrogen) atoms. The van der Waals surface area contributed by atoms with E-state index in [0.29, 0.717) is 17.1 Å². The molecule has 1 aliphatic rings. The maximum absolute atomic E-state index is 14.5. The van der Waals surface area contributed by atoms with Crippen molar-refractivity contribution in [2.75, 3.05) is 20.2 Å². The average molecular weight is 457 g/mol. The molecule has 1 aliphatic heterocycles. The van der Waals surface area contributed by atoms with Crippen molar-refractivity contribution in [3.8, 4) is 38.8 Å². The average Bonchev–Trinajstić information content (AvgIpc) is 3.35. The van der Waals surface area contributed by atoms with Crippen LogP contribution < -0.4 is 14.2 Å². The van der Waals surface area contributed by atoms with Gasteiger partial charge in [-0.15, -0.1) is 11.3 Å². The van der Waals surface area contributed by atoms with Crippen molar-refractivity contribution in [2.45, 2.75) is 4.90 Å². The van der Waals surface area contributed by atoms with Crippen molar-refractivity contribution in [3.63, 3.8) is 0 Å². The molecule has 2 heterocycles. The fraction of sp³-hybridized carbons (Fsp3) is 0.130. The molecular formula is C23H17FO5S2. The van der Waals surface area contributed by atoms with Crippen LogP contribution in [-0.2, 0) is 9.84 Å². The Morgan fingerprint density at radius 1 is 0.968 bits per heavy atom. The number of methoxy groups -OCH3 is 1. The smallest absolute Gasteiger partial charge is 0.231 e. The monoisotopic (exact) mass is 456 g/mol. The number of ether oxygens (including phenoxy) is 3. The molecule has 3 aromatic carbocycles. The Bertz CT molecular complexity index is 1420. The summed E-state index contributed by atoms with van der Waals surface area (Å²) in [7, 11) is -1.88. The lowest BCUT2D eigenvalue weighted by Crippen LogP contribution is -1.96. The molecule has 0 saturated heterocycles. The van der Waals surface area contributed by atoms with Gasteiger partial charge in [0, 0.05) is 32.8 Å². The minimum atomic E-state index is -3.30. The van der Waals surface area contributed by atoms with Gasteiger partial charge in [0.2, 0.25) is 6.79 Å². The number of halogens is 1. The standard InChI is InChI=1S/C23H17FO5S2/c1-27-18-8-5-14(9-17(18)24)22-16-10-19-20(29-12-28-19)11-21(16)30-23(22)13-3-6-15(7-4-13)31(2,25)26/h3-11H,12H2,1-2H3. The second kappa shape index (κ2) is 7.25. The van der Waals surface area contributed by atoms with Gasteiger partial charge in [-0.2, -0.15) is 0 Å². The zero-order valence-corrected chi connectivity index (χ0v) is 18.3. The molecule has 0 amide bonds. The van der Waals surface area contributed by atoms with Crippen LogP contribution in [-0.4, -0.2) is 28.6 Å². The van der Waals surface area contributed by atoms with Gasteiger partial charge in [-0.05, 0) is 41.5 Å². The van der Waals surface area contributed by atoms with Gasteiger partial charge in [0.1, 0.15) is 0 Å². The van der Waals surface area contributed by atoms with E-state index in [1.807, 2.05) is 18.2 Å². The number of benzene rings is 3. The molecule has 0 radical (unpaired) electrons. The van der Waals surface area contributed by atoms with Gasteiger partial charge >= 0.3 is 0 Å². The van der Waals surface area contributed by atoms with Crippen LogP contribution >= 0.6 is 11.3 Å². The fourth-order valence-corrected chi connectivity index (χ4v) is 5.52. The highest BCUT2D eigenvalue weighted by Gasteiger charge is 2.22. The van der Waals surface area contributed by atoms with Crippen LogP contribution in [0.3, 0.4) is 0 Å². The largest absolute Gasteiger partial charge is 0.494 e. The highest BCUT2D eigenvalue weighted by atomic mass is 32.2. The second-order valence-electron chi connectivity index (χ2n) is 7.15. The zero-order chi connectivity index (χ0) is 21.8. The summed E-state index contributed by atoms with van der Waals surface area (Å²) in [5.74, 6) is 1.01. The van der Waals surface area contributed by atoms with E-state index in [1.54, 1.807) is 30.3 Å². The van der Waals surface area contributed by atoms with Crippen LogP contribution in [0.1, 0.15) is 0 Å². The molecule has 1 aromatic heterocycles. The topological polar surface area (TPSA) is 61.8 Å². The molecule has 0 bridgehead atoms.